The molecule has 0 bridgehead atoms. The van der Waals surface area contributed by atoms with Gasteiger partial charge in [0.25, 0.3) is 5.69 Å². The molecule has 0 saturated carbocycles. The number of nitrogens with one attached hydrogen (secondary N) is 1. The second-order valence-corrected chi connectivity index (χ2v) is 3.12. The van der Waals surface area contributed by atoms with Crippen molar-refractivity contribution in [2.45, 2.75) is 20.3 Å². The number of rotatable bonds is 4. The van der Waals surface area contributed by atoms with Gasteiger partial charge in [-0.05, 0) is 19.4 Å². The van der Waals surface area contributed by atoms with Crippen LogP contribution in [0.15, 0.2) is 29.4 Å². The summed E-state index contributed by atoms with van der Waals surface area (Å²) in [4.78, 5) is 10.1. The van der Waals surface area contributed by atoms with Crippen molar-refractivity contribution in [3.8, 4) is 0 Å². The molecule has 0 spiro atoms. The van der Waals surface area contributed by atoms with Gasteiger partial charge in [0.1, 0.15) is 0 Å². The molecule has 0 radical (unpaired) electrons. The average Bonchev–Trinajstić information content (AvgIpc) is 2.26. The van der Waals surface area contributed by atoms with Crippen molar-refractivity contribution >= 4 is 17.1 Å². The maximum atomic E-state index is 10.5. The van der Waals surface area contributed by atoms with Crippen LogP contribution in [0.4, 0.5) is 11.4 Å². The Balaban J connectivity index is 2.78. The van der Waals surface area contributed by atoms with Crippen molar-refractivity contribution in [1.29, 1.82) is 0 Å². The minimum atomic E-state index is -0.429. The third-order valence-corrected chi connectivity index (χ3v) is 1.94. The second kappa shape index (κ2) is 5.09. The van der Waals surface area contributed by atoms with E-state index in [-0.39, 0.29) is 5.69 Å². The van der Waals surface area contributed by atoms with Gasteiger partial charge < -0.3 is 0 Å². The molecule has 0 amide bonds. The number of nitro benzene ring substituents is 1. The normalized spacial score (nSPS) is 11.2. The van der Waals surface area contributed by atoms with Crippen LogP contribution in [-0.2, 0) is 0 Å². The Labute approximate surface area is 88.0 Å². The lowest BCUT2D eigenvalue weighted by Crippen LogP contribution is -1.96. The summed E-state index contributed by atoms with van der Waals surface area (Å²) in [6, 6.07) is 6.25. The van der Waals surface area contributed by atoms with Crippen LogP contribution in [0.2, 0.25) is 0 Å². The third-order valence-electron chi connectivity index (χ3n) is 1.94. The third kappa shape index (κ3) is 3.38. The van der Waals surface area contributed by atoms with E-state index in [9.17, 15) is 10.1 Å². The van der Waals surface area contributed by atoms with Gasteiger partial charge in [0, 0.05) is 17.8 Å². The number of non-ortho nitro benzene ring substituents is 1. The number of benzene rings is 1. The molecule has 0 aliphatic rings. The zero-order valence-electron chi connectivity index (χ0n) is 8.73. The Morgan fingerprint density at radius 1 is 1.60 bits per heavy atom. The SMILES string of the molecule is CC/C(C)=N\Nc1cccc([N+](=O)[O-])c1. The van der Waals surface area contributed by atoms with E-state index >= 15 is 0 Å². The quantitative estimate of drug-likeness (QED) is 0.469. The van der Waals surface area contributed by atoms with Gasteiger partial charge >= 0.3 is 0 Å². The van der Waals surface area contributed by atoms with Crippen LogP contribution >= 0.6 is 0 Å². The van der Waals surface area contributed by atoms with Crippen LogP contribution < -0.4 is 5.43 Å². The molecule has 1 rings (SSSR count). The summed E-state index contributed by atoms with van der Waals surface area (Å²) < 4.78 is 0. The molecule has 0 unspecified atom stereocenters. The first-order valence-corrected chi connectivity index (χ1v) is 4.67. The number of hydrogen-bond acceptors (Lipinski definition) is 4. The lowest BCUT2D eigenvalue weighted by atomic mass is 10.3. The summed E-state index contributed by atoms with van der Waals surface area (Å²) in [5, 5.41) is 14.5. The topological polar surface area (TPSA) is 67.5 Å². The van der Waals surface area contributed by atoms with Crippen molar-refractivity contribution in [1.82, 2.24) is 0 Å². The Kier molecular flexibility index (Phi) is 3.79. The molecular weight excluding hydrogens is 194 g/mol. The highest BCUT2D eigenvalue weighted by molar-refractivity contribution is 5.82. The lowest BCUT2D eigenvalue weighted by Gasteiger charge is -2.01. The van der Waals surface area contributed by atoms with Crippen LogP contribution in [-0.4, -0.2) is 10.6 Å². The van der Waals surface area contributed by atoms with E-state index in [1.54, 1.807) is 12.1 Å². The Morgan fingerprint density at radius 2 is 2.33 bits per heavy atom. The number of hydrogen-bond donors (Lipinski definition) is 1. The maximum absolute atomic E-state index is 10.5. The van der Waals surface area contributed by atoms with E-state index < -0.39 is 4.92 Å². The number of anilines is 1. The lowest BCUT2D eigenvalue weighted by molar-refractivity contribution is -0.384. The summed E-state index contributed by atoms with van der Waals surface area (Å²) >= 11 is 0. The molecule has 0 aliphatic carbocycles. The summed E-state index contributed by atoms with van der Waals surface area (Å²) in [6.07, 6.45) is 0.849. The predicted octanol–water partition coefficient (Wildman–Crippen LogP) is 2.79. The largest absolute Gasteiger partial charge is 0.278 e. The van der Waals surface area contributed by atoms with Gasteiger partial charge in [-0.15, -0.1) is 0 Å². The smallest absolute Gasteiger partial charge is 0.271 e. The summed E-state index contributed by atoms with van der Waals surface area (Å²) in [5.41, 5.74) is 4.40. The highest BCUT2D eigenvalue weighted by Gasteiger charge is 2.04. The Hall–Kier alpha value is -1.91. The van der Waals surface area contributed by atoms with E-state index in [0.717, 1.165) is 12.1 Å². The fourth-order valence-corrected chi connectivity index (χ4v) is 0.928. The monoisotopic (exact) mass is 207 g/mol. The van der Waals surface area contributed by atoms with E-state index in [2.05, 4.69) is 10.5 Å². The van der Waals surface area contributed by atoms with Crippen LogP contribution in [0.1, 0.15) is 20.3 Å². The van der Waals surface area contributed by atoms with Crippen LogP contribution in [0.5, 0.6) is 0 Å². The molecule has 0 aromatic heterocycles. The van der Waals surface area contributed by atoms with Gasteiger partial charge in [0.2, 0.25) is 0 Å². The molecule has 1 aromatic carbocycles. The minimum Gasteiger partial charge on any atom is -0.278 e. The van der Waals surface area contributed by atoms with E-state index in [1.807, 2.05) is 13.8 Å². The molecule has 5 heteroatoms. The highest BCUT2D eigenvalue weighted by Crippen LogP contribution is 2.16. The van der Waals surface area contributed by atoms with Gasteiger partial charge in [0.15, 0.2) is 0 Å². The Bertz CT molecular complexity index is 388. The van der Waals surface area contributed by atoms with Crippen LogP contribution in [0, 0.1) is 10.1 Å². The molecule has 0 aliphatic heterocycles. The maximum Gasteiger partial charge on any atom is 0.271 e. The Morgan fingerprint density at radius 3 is 2.93 bits per heavy atom. The zero-order chi connectivity index (χ0) is 11.3. The molecule has 15 heavy (non-hydrogen) atoms. The van der Waals surface area contributed by atoms with Crippen LogP contribution in [0.3, 0.4) is 0 Å². The van der Waals surface area contributed by atoms with Gasteiger partial charge in [-0.1, -0.05) is 13.0 Å². The van der Waals surface area contributed by atoms with Crippen molar-refractivity contribution < 1.29 is 4.92 Å². The molecule has 1 N–H and O–H groups in total. The van der Waals surface area contributed by atoms with Crippen molar-refractivity contribution in [3.05, 3.63) is 34.4 Å². The first-order valence-electron chi connectivity index (χ1n) is 4.67. The molecule has 0 atom stereocenters. The molecule has 1 aromatic rings. The first kappa shape index (κ1) is 11.2. The number of hydrazone groups is 1. The van der Waals surface area contributed by atoms with Gasteiger partial charge in [0.05, 0.1) is 10.6 Å². The molecular formula is C10H13N3O2. The molecule has 0 saturated heterocycles. The van der Waals surface area contributed by atoms with Gasteiger partial charge in [-0.25, -0.2) is 0 Å². The molecule has 0 heterocycles. The summed E-state index contributed by atoms with van der Waals surface area (Å²) in [5.74, 6) is 0. The van der Waals surface area contributed by atoms with Crippen molar-refractivity contribution in [2.75, 3.05) is 5.43 Å². The van der Waals surface area contributed by atoms with Crippen molar-refractivity contribution in [2.24, 2.45) is 5.10 Å². The highest BCUT2D eigenvalue weighted by atomic mass is 16.6. The fraction of sp³-hybridized carbons (Fsp3) is 0.300. The number of nitro groups is 1. The number of nitrogens with zero attached hydrogens (tertiary/aromatic N) is 2. The summed E-state index contributed by atoms with van der Waals surface area (Å²) in [7, 11) is 0. The summed E-state index contributed by atoms with van der Waals surface area (Å²) in [6.45, 7) is 3.89. The molecule has 5 nitrogen and oxygen atoms in total. The standard InChI is InChI=1S/C10H13N3O2/c1-3-8(2)11-12-9-5-4-6-10(7-9)13(14)15/h4-7,12H,3H2,1-2H3/b11-8-. The molecule has 80 valence electrons. The first-order chi connectivity index (χ1) is 7.13. The van der Waals surface area contributed by atoms with Crippen LogP contribution in [0.25, 0.3) is 0 Å². The fourth-order valence-electron chi connectivity index (χ4n) is 0.928. The van der Waals surface area contributed by atoms with Gasteiger partial charge in [-0.3, -0.25) is 15.5 Å². The average molecular weight is 207 g/mol. The van der Waals surface area contributed by atoms with Crippen molar-refractivity contribution in [3.63, 3.8) is 0 Å². The predicted molar refractivity (Wildman–Crippen MR) is 60.1 cm³/mol. The van der Waals surface area contributed by atoms with E-state index in [0.29, 0.717) is 5.69 Å². The second-order valence-electron chi connectivity index (χ2n) is 3.12. The van der Waals surface area contributed by atoms with Gasteiger partial charge in [-0.2, -0.15) is 5.10 Å². The molecule has 0 fully saturated rings. The minimum absolute atomic E-state index is 0.0596. The zero-order valence-corrected chi connectivity index (χ0v) is 8.73. The van der Waals surface area contributed by atoms with E-state index in [1.165, 1.54) is 12.1 Å². The van der Waals surface area contributed by atoms with E-state index in [4.69, 9.17) is 0 Å².